The van der Waals surface area contributed by atoms with Crippen LogP contribution < -0.4 is 5.73 Å². The van der Waals surface area contributed by atoms with Crippen LogP contribution in [0.15, 0.2) is 9.66 Å². The average molecular weight is 197 g/mol. The van der Waals surface area contributed by atoms with Crippen LogP contribution in [-0.4, -0.2) is 6.54 Å². The second-order valence-corrected chi connectivity index (χ2v) is 2.33. The molecule has 0 atom stereocenters. The number of hydrogen-bond acceptors (Lipinski definition) is 1. The van der Waals surface area contributed by atoms with Crippen molar-refractivity contribution in [2.75, 3.05) is 6.54 Å². The third kappa shape index (κ3) is 2.66. The van der Waals surface area contributed by atoms with Crippen molar-refractivity contribution in [3.05, 3.63) is 9.66 Å². The summed E-state index contributed by atoms with van der Waals surface area (Å²) in [5.74, 6) is 0. The van der Waals surface area contributed by atoms with Crippen LogP contribution in [0.25, 0.3) is 0 Å². The van der Waals surface area contributed by atoms with Gasteiger partial charge in [0.1, 0.15) is 0 Å². The Morgan fingerprint density at radius 1 is 2.00 bits per heavy atom. The van der Waals surface area contributed by atoms with Crippen molar-refractivity contribution in [3.8, 4) is 0 Å². The predicted octanol–water partition coefficient (Wildman–Crippen LogP) is 1.28. The summed E-state index contributed by atoms with van der Waals surface area (Å²) in [5, 5.41) is 0. The Kier molecular flexibility index (Phi) is 3.87. The zero-order valence-electron chi connectivity index (χ0n) is 3.74. The number of rotatable bonds is 1. The maximum atomic E-state index is 5.21. The van der Waals surface area contributed by atoms with Crippen LogP contribution in [-0.2, 0) is 0 Å². The smallest absolute Gasteiger partial charge is 0.0233 e. The van der Waals surface area contributed by atoms with Crippen molar-refractivity contribution in [3.63, 3.8) is 0 Å². The van der Waals surface area contributed by atoms with E-state index >= 15 is 0 Å². The largest absolute Gasteiger partial charge is 0.326 e. The van der Waals surface area contributed by atoms with Gasteiger partial charge >= 0.3 is 0 Å². The Hall–Kier alpha value is 0.430. The molecule has 1 nitrogen and oxygen atoms in total. The van der Waals surface area contributed by atoms with Gasteiger partial charge in [0.15, 0.2) is 0 Å². The monoisotopic (exact) mass is 197 g/mol. The van der Waals surface area contributed by atoms with Crippen molar-refractivity contribution < 1.29 is 0 Å². The van der Waals surface area contributed by atoms with Gasteiger partial charge in [-0.2, -0.15) is 0 Å². The Morgan fingerprint density at radius 2 is 2.50 bits per heavy atom. The molecule has 0 spiro atoms. The lowest BCUT2D eigenvalue weighted by molar-refractivity contribution is 1.24. The first-order valence-electron chi connectivity index (χ1n) is 1.82. The predicted molar refractivity (Wildman–Crippen MR) is 36.8 cm³/mol. The molecule has 2 N–H and O–H groups in total. The minimum absolute atomic E-state index is 0.678. The van der Waals surface area contributed by atoms with E-state index in [-0.39, 0.29) is 0 Å². The molecule has 2 heteroatoms. The van der Waals surface area contributed by atoms with Gasteiger partial charge in [-0.1, -0.05) is 6.08 Å². The molecule has 0 aromatic carbocycles. The summed E-state index contributed by atoms with van der Waals surface area (Å²) < 4.78 is 1.22. The van der Waals surface area contributed by atoms with E-state index in [1.807, 2.05) is 13.0 Å². The minimum atomic E-state index is 0.678. The molecular weight excluding hydrogens is 189 g/mol. The van der Waals surface area contributed by atoms with Crippen LogP contribution in [0, 0.1) is 0 Å². The first-order chi connectivity index (χ1) is 2.81. The third-order valence-corrected chi connectivity index (χ3v) is 1.57. The highest BCUT2D eigenvalue weighted by Gasteiger charge is 1.75. The zero-order valence-corrected chi connectivity index (χ0v) is 5.90. The van der Waals surface area contributed by atoms with Crippen molar-refractivity contribution >= 4 is 22.6 Å². The van der Waals surface area contributed by atoms with Gasteiger partial charge in [-0.25, -0.2) is 0 Å². The molecule has 0 amide bonds. The van der Waals surface area contributed by atoms with E-state index < -0.39 is 0 Å². The van der Waals surface area contributed by atoms with E-state index in [1.165, 1.54) is 3.58 Å². The molecule has 0 aliphatic rings. The first kappa shape index (κ1) is 6.43. The second-order valence-electron chi connectivity index (χ2n) is 0.940. The van der Waals surface area contributed by atoms with Gasteiger partial charge in [0.25, 0.3) is 0 Å². The molecule has 0 saturated carbocycles. The average Bonchev–Trinajstić information content (AvgIpc) is 1.65. The van der Waals surface area contributed by atoms with Gasteiger partial charge in [-0.15, -0.1) is 0 Å². The molecule has 0 aliphatic carbocycles. The Bertz CT molecular complexity index is 58.6. The van der Waals surface area contributed by atoms with Crippen molar-refractivity contribution in [1.29, 1.82) is 0 Å². The van der Waals surface area contributed by atoms with E-state index in [1.54, 1.807) is 0 Å². The topological polar surface area (TPSA) is 26.0 Å². The Balaban J connectivity index is 3.22. The number of allylic oxidation sites excluding steroid dienone is 1. The highest BCUT2D eigenvalue weighted by Crippen LogP contribution is 1.99. The minimum Gasteiger partial charge on any atom is -0.326 e. The van der Waals surface area contributed by atoms with E-state index in [4.69, 9.17) is 5.73 Å². The van der Waals surface area contributed by atoms with Crippen LogP contribution in [0.5, 0.6) is 0 Å². The quantitative estimate of drug-likeness (QED) is 0.629. The summed E-state index contributed by atoms with van der Waals surface area (Å²) in [7, 11) is 0. The van der Waals surface area contributed by atoms with E-state index in [0.29, 0.717) is 6.54 Å². The van der Waals surface area contributed by atoms with Crippen LogP contribution in [0.4, 0.5) is 0 Å². The fourth-order valence-electron chi connectivity index (χ4n) is 0.118. The summed E-state index contributed by atoms with van der Waals surface area (Å²) in [4.78, 5) is 0. The lowest BCUT2D eigenvalue weighted by atomic mass is 10.5. The number of halogens is 1. The zero-order chi connectivity index (χ0) is 4.99. The maximum absolute atomic E-state index is 5.21. The van der Waals surface area contributed by atoms with Crippen molar-refractivity contribution in [2.24, 2.45) is 5.73 Å². The van der Waals surface area contributed by atoms with Gasteiger partial charge in [0, 0.05) is 6.54 Å². The van der Waals surface area contributed by atoms with Gasteiger partial charge < -0.3 is 5.73 Å². The Labute approximate surface area is 51.7 Å². The molecule has 0 fully saturated rings. The lowest BCUT2D eigenvalue weighted by Gasteiger charge is -1.83. The SMILES string of the molecule is C/C=C(\I)CN. The summed E-state index contributed by atoms with van der Waals surface area (Å²) in [6.45, 7) is 2.66. The van der Waals surface area contributed by atoms with Crippen LogP contribution in [0.1, 0.15) is 6.92 Å². The Morgan fingerprint density at radius 3 is 2.50 bits per heavy atom. The molecule has 0 aliphatic heterocycles. The third-order valence-electron chi connectivity index (χ3n) is 0.508. The molecule has 0 bridgehead atoms. The fraction of sp³-hybridized carbons (Fsp3) is 0.500. The maximum Gasteiger partial charge on any atom is 0.0233 e. The second kappa shape index (κ2) is 3.61. The molecule has 0 radical (unpaired) electrons. The summed E-state index contributed by atoms with van der Waals surface area (Å²) in [6, 6.07) is 0. The standard InChI is InChI=1S/C4H8IN/c1-2-4(5)3-6/h2H,3,6H2,1H3/b4-2-. The molecule has 0 aromatic heterocycles. The molecule has 0 unspecified atom stereocenters. The first-order valence-corrected chi connectivity index (χ1v) is 2.90. The molecule has 0 heterocycles. The van der Waals surface area contributed by atoms with Crippen molar-refractivity contribution in [2.45, 2.75) is 6.92 Å². The van der Waals surface area contributed by atoms with Gasteiger partial charge in [0.2, 0.25) is 0 Å². The normalized spacial score (nSPS) is 12.2. The van der Waals surface area contributed by atoms with Gasteiger partial charge in [-0.3, -0.25) is 0 Å². The molecule has 0 rings (SSSR count). The molecule has 0 aromatic rings. The van der Waals surface area contributed by atoms with Crippen LogP contribution in [0.2, 0.25) is 0 Å². The summed E-state index contributed by atoms with van der Waals surface area (Å²) in [5.41, 5.74) is 5.21. The summed E-state index contributed by atoms with van der Waals surface area (Å²) in [6.07, 6.45) is 2.00. The highest BCUT2D eigenvalue weighted by atomic mass is 127. The van der Waals surface area contributed by atoms with Crippen molar-refractivity contribution in [1.82, 2.24) is 0 Å². The molecular formula is C4H8IN. The van der Waals surface area contributed by atoms with E-state index in [9.17, 15) is 0 Å². The van der Waals surface area contributed by atoms with E-state index in [2.05, 4.69) is 22.6 Å². The van der Waals surface area contributed by atoms with Gasteiger partial charge in [0.05, 0.1) is 0 Å². The molecule has 6 heavy (non-hydrogen) atoms. The van der Waals surface area contributed by atoms with Crippen LogP contribution in [0.3, 0.4) is 0 Å². The highest BCUT2D eigenvalue weighted by molar-refractivity contribution is 14.1. The van der Waals surface area contributed by atoms with E-state index in [0.717, 1.165) is 0 Å². The molecule has 0 saturated heterocycles. The van der Waals surface area contributed by atoms with Gasteiger partial charge in [-0.05, 0) is 33.1 Å². The van der Waals surface area contributed by atoms with Crippen LogP contribution >= 0.6 is 22.6 Å². The summed E-state index contributed by atoms with van der Waals surface area (Å²) >= 11 is 2.21. The lowest BCUT2D eigenvalue weighted by Crippen LogP contribution is -1.96. The fourth-order valence-corrected chi connectivity index (χ4v) is 0.118. The number of hydrogen-bond donors (Lipinski definition) is 1. The number of nitrogens with two attached hydrogens (primary N) is 1. The molecule has 36 valence electrons.